The van der Waals surface area contributed by atoms with Crippen LogP contribution in [0, 0.1) is 0 Å². The van der Waals surface area contributed by atoms with E-state index in [-0.39, 0.29) is 12.1 Å². The predicted octanol–water partition coefficient (Wildman–Crippen LogP) is 1.63. The number of rotatable bonds is 4. The first kappa shape index (κ1) is 11.3. The molecule has 0 aromatic rings. The fourth-order valence-electron chi connectivity index (χ4n) is 2.24. The molecule has 0 heterocycles. The van der Waals surface area contributed by atoms with Gasteiger partial charge in [-0.2, -0.15) is 11.8 Å². The summed E-state index contributed by atoms with van der Waals surface area (Å²) in [7, 11) is 0. The molecule has 0 saturated heterocycles. The van der Waals surface area contributed by atoms with Crippen molar-refractivity contribution in [1.29, 1.82) is 0 Å². The van der Waals surface area contributed by atoms with Crippen molar-refractivity contribution >= 4 is 11.8 Å². The first-order valence-corrected chi connectivity index (χ1v) is 6.44. The van der Waals surface area contributed by atoms with Crippen molar-refractivity contribution < 1.29 is 5.11 Å². The van der Waals surface area contributed by atoms with Crippen LogP contribution in [-0.2, 0) is 0 Å². The van der Waals surface area contributed by atoms with Gasteiger partial charge in [-0.3, -0.25) is 0 Å². The van der Waals surface area contributed by atoms with Gasteiger partial charge in [-0.15, -0.1) is 0 Å². The van der Waals surface area contributed by atoms with Gasteiger partial charge in [0.2, 0.25) is 0 Å². The summed E-state index contributed by atoms with van der Waals surface area (Å²) in [5.74, 6) is 0. The van der Waals surface area contributed by atoms with Gasteiger partial charge in [-0.25, -0.2) is 0 Å². The lowest BCUT2D eigenvalue weighted by Gasteiger charge is -2.39. The lowest BCUT2D eigenvalue weighted by molar-refractivity contribution is 0.125. The Bertz CT molecular complexity index is 150. The Hall–Kier alpha value is 0.270. The molecule has 0 spiro atoms. The number of thioether (sulfide) groups is 1. The van der Waals surface area contributed by atoms with Crippen LogP contribution in [0.1, 0.15) is 32.6 Å². The first-order valence-electron chi connectivity index (χ1n) is 5.15. The highest BCUT2D eigenvalue weighted by Crippen LogP contribution is 2.33. The SMILES string of the molecule is CCNC1(CO)CCCC(SC)C1. The lowest BCUT2D eigenvalue weighted by atomic mass is 9.82. The Morgan fingerprint density at radius 2 is 2.38 bits per heavy atom. The van der Waals surface area contributed by atoms with E-state index in [9.17, 15) is 5.11 Å². The third-order valence-corrected chi connectivity index (χ3v) is 4.06. The molecule has 2 N–H and O–H groups in total. The van der Waals surface area contributed by atoms with E-state index in [1.165, 1.54) is 12.8 Å². The number of hydrogen-bond acceptors (Lipinski definition) is 3. The van der Waals surface area contributed by atoms with Crippen LogP contribution in [0.4, 0.5) is 0 Å². The third-order valence-electron chi connectivity index (χ3n) is 2.99. The van der Waals surface area contributed by atoms with E-state index in [2.05, 4.69) is 18.5 Å². The first-order chi connectivity index (χ1) is 6.26. The van der Waals surface area contributed by atoms with Crippen molar-refractivity contribution in [3.63, 3.8) is 0 Å². The zero-order valence-corrected chi connectivity index (χ0v) is 9.49. The summed E-state index contributed by atoms with van der Waals surface area (Å²) in [4.78, 5) is 0. The van der Waals surface area contributed by atoms with Gasteiger partial charge >= 0.3 is 0 Å². The second-order valence-electron chi connectivity index (χ2n) is 3.92. The van der Waals surface area contributed by atoms with Gasteiger partial charge < -0.3 is 10.4 Å². The van der Waals surface area contributed by atoms with Gasteiger partial charge in [0.05, 0.1) is 6.61 Å². The van der Waals surface area contributed by atoms with Crippen molar-refractivity contribution in [2.75, 3.05) is 19.4 Å². The maximum absolute atomic E-state index is 9.41. The van der Waals surface area contributed by atoms with Crippen LogP contribution >= 0.6 is 11.8 Å². The van der Waals surface area contributed by atoms with Gasteiger partial charge in [0.15, 0.2) is 0 Å². The molecule has 1 fully saturated rings. The molecule has 1 aliphatic rings. The van der Waals surface area contributed by atoms with Crippen molar-refractivity contribution in [2.24, 2.45) is 0 Å². The minimum Gasteiger partial charge on any atom is -0.394 e. The molecule has 0 aromatic heterocycles. The largest absolute Gasteiger partial charge is 0.394 e. The molecule has 1 rings (SSSR count). The molecule has 13 heavy (non-hydrogen) atoms. The lowest BCUT2D eigenvalue weighted by Crippen LogP contribution is -2.52. The number of aliphatic hydroxyl groups excluding tert-OH is 1. The van der Waals surface area contributed by atoms with Crippen LogP contribution in [0.3, 0.4) is 0 Å². The van der Waals surface area contributed by atoms with Gasteiger partial charge in [0, 0.05) is 10.8 Å². The normalized spacial score (nSPS) is 34.8. The minimum atomic E-state index is 0.0284. The monoisotopic (exact) mass is 203 g/mol. The van der Waals surface area contributed by atoms with Crippen LogP contribution in [-0.4, -0.2) is 35.3 Å². The van der Waals surface area contributed by atoms with Crippen LogP contribution in [0.15, 0.2) is 0 Å². The third kappa shape index (κ3) is 2.86. The fourth-order valence-corrected chi connectivity index (χ4v) is 3.13. The molecule has 0 radical (unpaired) electrons. The molecule has 78 valence electrons. The minimum absolute atomic E-state index is 0.0284. The van der Waals surface area contributed by atoms with E-state index in [1.54, 1.807) is 0 Å². The molecule has 0 bridgehead atoms. The Morgan fingerprint density at radius 1 is 1.62 bits per heavy atom. The van der Waals surface area contributed by atoms with Crippen LogP contribution in [0.25, 0.3) is 0 Å². The number of aliphatic hydroxyl groups is 1. The number of nitrogens with one attached hydrogen (secondary N) is 1. The summed E-state index contributed by atoms with van der Waals surface area (Å²) in [6.45, 7) is 3.36. The summed E-state index contributed by atoms with van der Waals surface area (Å²) >= 11 is 1.94. The Balaban J connectivity index is 2.53. The zero-order valence-electron chi connectivity index (χ0n) is 8.68. The summed E-state index contributed by atoms with van der Waals surface area (Å²) in [6, 6.07) is 0. The van der Waals surface area contributed by atoms with Gasteiger partial charge in [-0.1, -0.05) is 13.3 Å². The van der Waals surface area contributed by atoms with E-state index in [0.717, 1.165) is 24.6 Å². The summed E-state index contributed by atoms with van der Waals surface area (Å²) in [6.07, 6.45) is 6.99. The molecule has 3 heteroatoms. The number of likely N-dealkylation sites (N-methyl/N-ethyl adjacent to an activating group) is 1. The molecule has 0 aromatic carbocycles. The average Bonchev–Trinajstić information content (AvgIpc) is 2.19. The summed E-state index contributed by atoms with van der Waals surface area (Å²) < 4.78 is 0. The van der Waals surface area contributed by atoms with E-state index in [4.69, 9.17) is 0 Å². The Morgan fingerprint density at radius 3 is 2.92 bits per heavy atom. The highest BCUT2D eigenvalue weighted by Gasteiger charge is 2.34. The maximum Gasteiger partial charge on any atom is 0.0613 e. The molecular weight excluding hydrogens is 182 g/mol. The van der Waals surface area contributed by atoms with Crippen molar-refractivity contribution in [3.8, 4) is 0 Å². The average molecular weight is 203 g/mol. The molecule has 2 nitrogen and oxygen atoms in total. The fraction of sp³-hybridized carbons (Fsp3) is 1.00. The van der Waals surface area contributed by atoms with E-state index < -0.39 is 0 Å². The molecular formula is C10H21NOS. The van der Waals surface area contributed by atoms with Crippen molar-refractivity contribution in [2.45, 2.75) is 43.4 Å². The second-order valence-corrected chi connectivity index (χ2v) is 5.06. The summed E-state index contributed by atoms with van der Waals surface area (Å²) in [5, 5.41) is 13.6. The molecule has 2 atom stereocenters. The van der Waals surface area contributed by atoms with Gasteiger partial charge in [0.25, 0.3) is 0 Å². The van der Waals surface area contributed by atoms with Crippen LogP contribution in [0.5, 0.6) is 0 Å². The second kappa shape index (κ2) is 5.23. The molecule has 0 aliphatic heterocycles. The molecule has 1 saturated carbocycles. The summed E-state index contributed by atoms with van der Waals surface area (Å²) in [5.41, 5.74) is 0.0284. The maximum atomic E-state index is 9.41. The zero-order chi connectivity index (χ0) is 9.73. The highest BCUT2D eigenvalue weighted by molar-refractivity contribution is 7.99. The van der Waals surface area contributed by atoms with Crippen LogP contribution < -0.4 is 5.32 Å². The smallest absolute Gasteiger partial charge is 0.0613 e. The topological polar surface area (TPSA) is 32.3 Å². The predicted molar refractivity (Wildman–Crippen MR) is 59.3 cm³/mol. The van der Waals surface area contributed by atoms with E-state index in [1.807, 2.05) is 11.8 Å². The van der Waals surface area contributed by atoms with E-state index >= 15 is 0 Å². The standard InChI is InChI=1S/C10H21NOS/c1-3-11-10(8-12)6-4-5-9(7-10)13-2/h9,11-12H,3-8H2,1-2H3. The van der Waals surface area contributed by atoms with Crippen LogP contribution in [0.2, 0.25) is 0 Å². The van der Waals surface area contributed by atoms with Gasteiger partial charge in [-0.05, 0) is 32.1 Å². The highest BCUT2D eigenvalue weighted by atomic mass is 32.2. The Kier molecular flexibility index (Phi) is 4.56. The molecule has 2 unspecified atom stereocenters. The van der Waals surface area contributed by atoms with Crippen molar-refractivity contribution in [3.05, 3.63) is 0 Å². The Labute approximate surface area is 85.5 Å². The molecule has 0 amide bonds. The molecule has 1 aliphatic carbocycles. The number of hydrogen-bond donors (Lipinski definition) is 2. The quantitative estimate of drug-likeness (QED) is 0.728. The van der Waals surface area contributed by atoms with E-state index in [0.29, 0.717) is 0 Å². The van der Waals surface area contributed by atoms with Crippen molar-refractivity contribution in [1.82, 2.24) is 5.32 Å². The van der Waals surface area contributed by atoms with Gasteiger partial charge in [0.1, 0.15) is 0 Å².